The monoisotopic (exact) mass is 302 g/mol. The van der Waals surface area contributed by atoms with Gasteiger partial charge in [0.2, 0.25) is 0 Å². The minimum Gasteiger partial charge on any atom is -0.304 e. The van der Waals surface area contributed by atoms with Gasteiger partial charge in [-0.3, -0.25) is 9.97 Å². The first-order chi connectivity index (χ1) is 11.2. The highest BCUT2D eigenvalue weighted by Crippen LogP contribution is 2.25. The van der Waals surface area contributed by atoms with Gasteiger partial charge in [0, 0.05) is 36.6 Å². The van der Waals surface area contributed by atoms with Crippen LogP contribution in [0.15, 0.2) is 65.8 Å². The van der Waals surface area contributed by atoms with Gasteiger partial charge in [0.1, 0.15) is 0 Å². The molecule has 0 bridgehead atoms. The predicted molar refractivity (Wildman–Crippen MR) is 90.0 cm³/mol. The lowest BCUT2D eigenvalue weighted by molar-refractivity contribution is 0.862. The van der Waals surface area contributed by atoms with Crippen molar-refractivity contribution in [2.45, 2.75) is 0 Å². The Morgan fingerprint density at radius 2 is 1.91 bits per heavy atom. The zero-order valence-corrected chi connectivity index (χ0v) is 12.5. The van der Waals surface area contributed by atoms with Gasteiger partial charge in [-0.25, -0.2) is 4.79 Å². The summed E-state index contributed by atoms with van der Waals surface area (Å²) in [4.78, 5) is 23.2. The van der Waals surface area contributed by atoms with E-state index in [1.54, 1.807) is 19.4 Å². The van der Waals surface area contributed by atoms with E-state index in [9.17, 15) is 4.79 Å². The van der Waals surface area contributed by atoms with Crippen LogP contribution >= 0.6 is 0 Å². The number of hydrogen-bond donors (Lipinski definition) is 1. The average molecular weight is 302 g/mol. The third-order valence-electron chi connectivity index (χ3n) is 3.84. The molecule has 5 nitrogen and oxygen atoms in total. The second kappa shape index (κ2) is 5.21. The van der Waals surface area contributed by atoms with Gasteiger partial charge >= 0.3 is 5.69 Å². The SMILES string of the molecule is Cn1cc(-c2cc(-c3cnc4ccccc4c3)ccn2)[nH]c1=O. The molecule has 23 heavy (non-hydrogen) atoms. The summed E-state index contributed by atoms with van der Waals surface area (Å²) in [5.41, 5.74) is 4.28. The summed E-state index contributed by atoms with van der Waals surface area (Å²) in [6.45, 7) is 0. The second-order valence-corrected chi connectivity index (χ2v) is 5.43. The Morgan fingerprint density at radius 3 is 2.74 bits per heavy atom. The van der Waals surface area contributed by atoms with E-state index in [0.29, 0.717) is 5.69 Å². The molecule has 3 aromatic heterocycles. The molecule has 0 saturated heterocycles. The van der Waals surface area contributed by atoms with Crippen LogP contribution < -0.4 is 5.69 Å². The predicted octanol–water partition coefficient (Wildman–Crippen LogP) is 2.99. The van der Waals surface area contributed by atoms with Crippen molar-refractivity contribution in [3.8, 4) is 22.5 Å². The molecular weight excluding hydrogens is 288 g/mol. The van der Waals surface area contributed by atoms with Crippen LogP contribution in [0.5, 0.6) is 0 Å². The van der Waals surface area contributed by atoms with Crippen LogP contribution in [0, 0.1) is 0 Å². The molecule has 3 heterocycles. The maximum atomic E-state index is 11.6. The summed E-state index contributed by atoms with van der Waals surface area (Å²) in [5.74, 6) is 0. The number of hydrogen-bond acceptors (Lipinski definition) is 3. The van der Waals surface area contributed by atoms with E-state index in [2.05, 4.69) is 21.0 Å². The highest BCUT2D eigenvalue weighted by molar-refractivity contribution is 5.83. The molecule has 0 aliphatic carbocycles. The van der Waals surface area contributed by atoms with E-state index >= 15 is 0 Å². The maximum absolute atomic E-state index is 11.6. The summed E-state index contributed by atoms with van der Waals surface area (Å²) in [6, 6.07) is 14.0. The van der Waals surface area contributed by atoms with Crippen molar-refractivity contribution < 1.29 is 0 Å². The van der Waals surface area contributed by atoms with Crippen molar-refractivity contribution >= 4 is 10.9 Å². The molecule has 0 saturated carbocycles. The Labute approximate surface area is 132 Å². The Bertz CT molecular complexity index is 1060. The molecule has 4 rings (SSSR count). The second-order valence-electron chi connectivity index (χ2n) is 5.43. The number of pyridine rings is 2. The van der Waals surface area contributed by atoms with Crippen LogP contribution in [0.2, 0.25) is 0 Å². The number of fused-ring (bicyclic) bond motifs is 1. The molecule has 0 spiro atoms. The number of rotatable bonds is 2. The van der Waals surface area contributed by atoms with Crippen LogP contribution in [-0.4, -0.2) is 19.5 Å². The highest BCUT2D eigenvalue weighted by Gasteiger charge is 2.07. The van der Waals surface area contributed by atoms with Crippen LogP contribution in [0.1, 0.15) is 0 Å². The van der Waals surface area contributed by atoms with Crippen molar-refractivity contribution in [1.29, 1.82) is 0 Å². The number of nitrogens with one attached hydrogen (secondary N) is 1. The average Bonchev–Trinajstić information content (AvgIpc) is 2.94. The van der Waals surface area contributed by atoms with Gasteiger partial charge in [0.15, 0.2) is 0 Å². The first-order valence-electron chi connectivity index (χ1n) is 7.28. The van der Waals surface area contributed by atoms with E-state index < -0.39 is 0 Å². The van der Waals surface area contributed by atoms with Crippen molar-refractivity contribution in [2.24, 2.45) is 7.05 Å². The molecular formula is C18H14N4O. The van der Waals surface area contributed by atoms with Gasteiger partial charge in [-0.05, 0) is 29.8 Å². The van der Waals surface area contributed by atoms with Gasteiger partial charge < -0.3 is 9.55 Å². The van der Waals surface area contributed by atoms with Gasteiger partial charge in [-0.15, -0.1) is 0 Å². The fourth-order valence-electron chi connectivity index (χ4n) is 2.60. The minimum absolute atomic E-state index is 0.153. The lowest BCUT2D eigenvalue weighted by Crippen LogP contribution is -2.11. The molecule has 5 heteroatoms. The molecule has 0 aliphatic rings. The number of aromatic nitrogens is 4. The molecule has 0 unspecified atom stereocenters. The molecule has 0 radical (unpaired) electrons. The molecule has 0 amide bonds. The Balaban J connectivity index is 1.82. The first kappa shape index (κ1) is 13.5. The van der Waals surface area contributed by atoms with Crippen LogP contribution in [0.3, 0.4) is 0 Å². The molecule has 4 aromatic rings. The van der Waals surface area contributed by atoms with Crippen LogP contribution in [0.4, 0.5) is 0 Å². The third kappa shape index (κ3) is 2.42. The summed E-state index contributed by atoms with van der Waals surface area (Å²) in [6.07, 6.45) is 5.34. The summed E-state index contributed by atoms with van der Waals surface area (Å²) < 4.78 is 1.50. The molecule has 1 N–H and O–H groups in total. The molecule has 0 aliphatic heterocycles. The Hall–Kier alpha value is -3.21. The lowest BCUT2D eigenvalue weighted by atomic mass is 10.1. The molecule has 0 atom stereocenters. The minimum atomic E-state index is -0.153. The number of para-hydroxylation sites is 1. The van der Waals surface area contributed by atoms with Gasteiger partial charge in [0.25, 0.3) is 0 Å². The van der Waals surface area contributed by atoms with Gasteiger partial charge in [-0.1, -0.05) is 18.2 Å². The summed E-state index contributed by atoms with van der Waals surface area (Å²) in [5, 5.41) is 1.09. The fraction of sp³-hybridized carbons (Fsp3) is 0.0556. The van der Waals surface area contributed by atoms with Crippen LogP contribution in [0.25, 0.3) is 33.4 Å². The van der Waals surface area contributed by atoms with Crippen molar-refractivity contribution in [3.63, 3.8) is 0 Å². The van der Waals surface area contributed by atoms with Crippen LogP contribution in [-0.2, 0) is 7.05 Å². The van der Waals surface area contributed by atoms with E-state index in [-0.39, 0.29) is 5.69 Å². The van der Waals surface area contributed by atoms with Crippen molar-refractivity contribution in [3.05, 3.63) is 71.5 Å². The van der Waals surface area contributed by atoms with Gasteiger partial charge in [0.05, 0.1) is 16.9 Å². The highest BCUT2D eigenvalue weighted by atomic mass is 16.1. The fourth-order valence-corrected chi connectivity index (χ4v) is 2.60. The topological polar surface area (TPSA) is 63.6 Å². The zero-order chi connectivity index (χ0) is 15.8. The molecule has 112 valence electrons. The first-order valence-corrected chi connectivity index (χ1v) is 7.28. The summed E-state index contributed by atoms with van der Waals surface area (Å²) >= 11 is 0. The standard InChI is InChI=1S/C18H14N4O/c1-22-11-17(21-18(22)23)16-9-12(6-7-19-16)14-8-13-4-2-3-5-15(13)20-10-14/h2-11H,1H3,(H,21,23). The number of imidazole rings is 1. The smallest absolute Gasteiger partial charge is 0.304 e. The zero-order valence-electron chi connectivity index (χ0n) is 12.5. The number of benzene rings is 1. The maximum Gasteiger partial charge on any atom is 0.325 e. The molecule has 0 fully saturated rings. The van der Waals surface area contributed by atoms with E-state index in [0.717, 1.165) is 27.7 Å². The van der Waals surface area contributed by atoms with E-state index in [1.165, 1.54) is 4.57 Å². The quantitative estimate of drug-likeness (QED) is 0.619. The normalized spacial score (nSPS) is 11.0. The Morgan fingerprint density at radius 1 is 1.04 bits per heavy atom. The van der Waals surface area contributed by atoms with Crippen molar-refractivity contribution in [2.75, 3.05) is 0 Å². The lowest BCUT2D eigenvalue weighted by Gasteiger charge is -2.05. The number of aryl methyl sites for hydroxylation is 1. The number of nitrogens with zero attached hydrogens (tertiary/aromatic N) is 3. The largest absolute Gasteiger partial charge is 0.325 e. The summed E-state index contributed by atoms with van der Waals surface area (Å²) in [7, 11) is 1.71. The molecule has 1 aromatic carbocycles. The van der Waals surface area contributed by atoms with E-state index in [1.807, 2.05) is 42.6 Å². The number of aromatic amines is 1. The van der Waals surface area contributed by atoms with E-state index in [4.69, 9.17) is 0 Å². The van der Waals surface area contributed by atoms with Crippen molar-refractivity contribution in [1.82, 2.24) is 19.5 Å². The van der Waals surface area contributed by atoms with Gasteiger partial charge in [-0.2, -0.15) is 0 Å². The third-order valence-corrected chi connectivity index (χ3v) is 3.84. The Kier molecular flexibility index (Phi) is 3.05. The number of H-pyrrole nitrogens is 1.